The van der Waals surface area contributed by atoms with Crippen molar-refractivity contribution in [1.82, 2.24) is 25.1 Å². The molecule has 4 rings (SSSR count). The van der Waals surface area contributed by atoms with Crippen LogP contribution in [0.1, 0.15) is 35.2 Å². The van der Waals surface area contributed by atoms with Crippen LogP contribution in [0, 0.1) is 6.92 Å². The van der Waals surface area contributed by atoms with Crippen molar-refractivity contribution in [3.63, 3.8) is 0 Å². The molecule has 7 heteroatoms. The Morgan fingerprint density at radius 3 is 3.10 bits per heavy atom. The molecule has 1 aliphatic carbocycles. The van der Waals surface area contributed by atoms with E-state index in [4.69, 9.17) is 4.52 Å². The average Bonchev–Trinajstić information content (AvgIpc) is 3.19. The first-order valence-corrected chi connectivity index (χ1v) is 7.91. The Labute approximate surface area is 125 Å². The summed E-state index contributed by atoms with van der Waals surface area (Å²) in [5, 5.41) is 16.6. The van der Waals surface area contributed by atoms with E-state index in [-0.39, 0.29) is 5.92 Å². The first-order valence-electron chi connectivity index (χ1n) is 6.96. The van der Waals surface area contributed by atoms with Gasteiger partial charge in [0, 0.05) is 30.3 Å². The third kappa shape index (κ3) is 2.08. The van der Waals surface area contributed by atoms with Crippen molar-refractivity contribution in [2.45, 2.75) is 32.1 Å². The minimum Gasteiger partial charge on any atom is -0.339 e. The van der Waals surface area contributed by atoms with Crippen LogP contribution >= 0.6 is 11.3 Å². The number of thiophene rings is 1. The molecule has 3 aromatic rings. The molecule has 0 saturated carbocycles. The van der Waals surface area contributed by atoms with E-state index in [9.17, 15) is 0 Å². The summed E-state index contributed by atoms with van der Waals surface area (Å²) in [5.74, 6) is 1.68. The molecule has 108 valence electrons. The molecule has 0 saturated heterocycles. The van der Waals surface area contributed by atoms with Crippen molar-refractivity contribution in [2.75, 3.05) is 0 Å². The first-order chi connectivity index (χ1) is 10.2. The van der Waals surface area contributed by atoms with E-state index in [0.717, 1.165) is 36.4 Å². The quantitative estimate of drug-likeness (QED) is 0.727. The highest BCUT2D eigenvalue weighted by molar-refractivity contribution is 7.08. The van der Waals surface area contributed by atoms with Gasteiger partial charge in [-0.25, -0.2) is 0 Å². The normalized spacial score (nSPS) is 17.9. The van der Waals surface area contributed by atoms with Gasteiger partial charge in [-0.15, -0.1) is 5.10 Å². The van der Waals surface area contributed by atoms with Gasteiger partial charge in [0.1, 0.15) is 0 Å². The Morgan fingerprint density at radius 2 is 2.29 bits per heavy atom. The van der Waals surface area contributed by atoms with Gasteiger partial charge in [-0.2, -0.15) is 16.3 Å². The molecular formula is C14H15N5OS. The van der Waals surface area contributed by atoms with Gasteiger partial charge >= 0.3 is 0 Å². The molecule has 0 fully saturated rings. The smallest absolute Gasteiger partial charge is 0.230 e. The first kappa shape index (κ1) is 12.7. The zero-order valence-corrected chi connectivity index (χ0v) is 12.7. The van der Waals surface area contributed by atoms with Crippen molar-refractivity contribution in [3.8, 4) is 11.4 Å². The molecule has 1 unspecified atom stereocenters. The maximum atomic E-state index is 5.51. The summed E-state index contributed by atoms with van der Waals surface area (Å²) in [7, 11) is 1.93. The minimum absolute atomic E-state index is 0.259. The van der Waals surface area contributed by atoms with Crippen LogP contribution in [0.4, 0.5) is 0 Å². The van der Waals surface area contributed by atoms with E-state index in [0.29, 0.717) is 5.82 Å². The Bertz CT molecular complexity index is 787. The van der Waals surface area contributed by atoms with Gasteiger partial charge in [0.15, 0.2) is 0 Å². The number of hydrogen-bond donors (Lipinski definition) is 0. The van der Waals surface area contributed by atoms with Crippen LogP contribution < -0.4 is 0 Å². The van der Waals surface area contributed by atoms with Crippen LogP contribution in [-0.4, -0.2) is 25.1 Å². The second-order valence-corrected chi connectivity index (χ2v) is 6.21. The van der Waals surface area contributed by atoms with Crippen molar-refractivity contribution >= 4 is 11.3 Å². The third-order valence-corrected chi connectivity index (χ3v) is 4.94. The van der Waals surface area contributed by atoms with E-state index < -0.39 is 0 Å². The highest BCUT2D eigenvalue weighted by Gasteiger charge is 2.28. The zero-order chi connectivity index (χ0) is 14.4. The molecule has 6 nitrogen and oxygen atoms in total. The summed E-state index contributed by atoms with van der Waals surface area (Å²) in [4.78, 5) is 4.60. The second kappa shape index (κ2) is 4.77. The Kier molecular flexibility index (Phi) is 2.88. The molecule has 1 aliphatic rings. The zero-order valence-electron chi connectivity index (χ0n) is 11.9. The summed E-state index contributed by atoms with van der Waals surface area (Å²) in [6, 6.07) is 0. The molecule has 0 aromatic carbocycles. The molecule has 0 aliphatic heterocycles. The number of hydrogen-bond acceptors (Lipinski definition) is 6. The minimum atomic E-state index is 0.259. The van der Waals surface area contributed by atoms with Gasteiger partial charge in [0.05, 0.1) is 11.4 Å². The molecule has 0 radical (unpaired) electrons. The van der Waals surface area contributed by atoms with E-state index >= 15 is 0 Å². The van der Waals surface area contributed by atoms with E-state index in [2.05, 4.69) is 38.1 Å². The van der Waals surface area contributed by atoms with Gasteiger partial charge in [-0.1, -0.05) is 10.4 Å². The van der Waals surface area contributed by atoms with Crippen LogP contribution in [0.3, 0.4) is 0 Å². The number of fused-ring (bicyclic) bond motifs is 1. The molecule has 0 N–H and O–H groups in total. The molecule has 0 amide bonds. The Morgan fingerprint density at radius 1 is 1.38 bits per heavy atom. The second-order valence-electron chi connectivity index (χ2n) is 5.47. The van der Waals surface area contributed by atoms with Crippen LogP contribution in [0.15, 0.2) is 15.3 Å². The summed E-state index contributed by atoms with van der Waals surface area (Å²) < 4.78 is 7.36. The third-order valence-electron chi connectivity index (χ3n) is 4.08. The van der Waals surface area contributed by atoms with Crippen LogP contribution in [-0.2, 0) is 19.9 Å². The fourth-order valence-electron chi connectivity index (χ4n) is 2.82. The van der Waals surface area contributed by atoms with Crippen LogP contribution in [0.5, 0.6) is 0 Å². The Hall–Kier alpha value is -2.02. The fourth-order valence-corrected chi connectivity index (χ4v) is 3.65. The average molecular weight is 301 g/mol. The van der Waals surface area contributed by atoms with E-state index in [1.807, 2.05) is 11.7 Å². The monoisotopic (exact) mass is 301 g/mol. The summed E-state index contributed by atoms with van der Waals surface area (Å²) >= 11 is 1.66. The molecule has 3 aromatic heterocycles. The fraction of sp³-hybridized carbons (Fsp3) is 0.429. The number of rotatable bonds is 2. The number of aryl methyl sites for hydroxylation is 3. The van der Waals surface area contributed by atoms with E-state index in [1.54, 1.807) is 11.3 Å². The van der Waals surface area contributed by atoms with Gasteiger partial charge < -0.3 is 4.52 Å². The lowest BCUT2D eigenvalue weighted by molar-refractivity contribution is 0.338. The molecule has 3 heterocycles. The van der Waals surface area contributed by atoms with Gasteiger partial charge in [-0.05, 0) is 30.7 Å². The largest absolute Gasteiger partial charge is 0.339 e. The molecular weight excluding hydrogens is 286 g/mol. The van der Waals surface area contributed by atoms with Gasteiger partial charge in [0.2, 0.25) is 11.7 Å². The topological polar surface area (TPSA) is 69.6 Å². The van der Waals surface area contributed by atoms with Crippen LogP contribution in [0.2, 0.25) is 0 Å². The van der Waals surface area contributed by atoms with Crippen molar-refractivity contribution in [2.24, 2.45) is 7.05 Å². The van der Waals surface area contributed by atoms with Gasteiger partial charge in [0.25, 0.3) is 0 Å². The molecule has 21 heavy (non-hydrogen) atoms. The molecule has 0 spiro atoms. The number of nitrogens with zero attached hydrogens (tertiary/aromatic N) is 5. The lowest BCUT2D eigenvalue weighted by atomic mass is 9.89. The standard InChI is InChI=1S/C14H15N5OS/c1-8-6-21-7-10(8)13-15-14(20-17-13)9-3-4-11-12(5-9)19(2)18-16-11/h6-7,9H,3-5H2,1-2H3. The summed E-state index contributed by atoms with van der Waals surface area (Å²) in [6.07, 6.45) is 2.77. The van der Waals surface area contributed by atoms with Crippen molar-refractivity contribution < 1.29 is 4.52 Å². The van der Waals surface area contributed by atoms with Crippen molar-refractivity contribution in [3.05, 3.63) is 33.6 Å². The van der Waals surface area contributed by atoms with Crippen LogP contribution in [0.25, 0.3) is 11.4 Å². The number of aromatic nitrogens is 5. The lowest BCUT2D eigenvalue weighted by Gasteiger charge is -2.17. The van der Waals surface area contributed by atoms with E-state index in [1.165, 1.54) is 11.3 Å². The lowest BCUT2D eigenvalue weighted by Crippen LogP contribution is -2.15. The molecule has 1 atom stereocenters. The van der Waals surface area contributed by atoms with Gasteiger partial charge in [-0.3, -0.25) is 4.68 Å². The highest BCUT2D eigenvalue weighted by atomic mass is 32.1. The predicted molar refractivity (Wildman–Crippen MR) is 78.1 cm³/mol. The highest BCUT2D eigenvalue weighted by Crippen LogP contribution is 2.32. The predicted octanol–water partition coefficient (Wildman–Crippen LogP) is 2.51. The summed E-state index contributed by atoms with van der Waals surface area (Å²) in [6.45, 7) is 2.07. The summed E-state index contributed by atoms with van der Waals surface area (Å²) in [5.41, 5.74) is 4.53. The molecule has 0 bridgehead atoms. The van der Waals surface area contributed by atoms with Crippen molar-refractivity contribution in [1.29, 1.82) is 0 Å². The maximum Gasteiger partial charge on any atom is 0.230 e. The Balaban J connectivity index is 1.63. The maximum absolute atomic E-state index is 5.51. The SMILES string of the molecule is Cc1cscc1-c1noc(C2CCc3nnn(C)c3C2)n1.